The Balaban J connectivity index is 0.000000132. The highest BCUT2D eigenvalue weighted by atomic mass is 19.2. The summed E-state index contributed by atoms with van der Waals surface area (Å²) in [5.74, 6) is -5.15. The van der Waals surface area contributed by atoms with E-state index >= 15 is 0 Å². The maximum Gasteiger partial charge on any atom is 0.126 e. The van der Waals surface area contributed by atoms with Crippen molar-refractivity contribution >= 4 is 43.6 Å². The monoisotopic (exact) mass is 894 g/mol. The van der Waals surface area contributed by atoms with Gasteiger partial charge in [0.2, 0.25) is 0 Å². The van der Waals surface area contributed by atoms with E-state index in [1.54, 1.807) is 24.3 Å². The zero-order chi connectivity index (χ0) is 45.6. The zero-order valence-electron chi connectivity index (χ0n) is 35.0. The number of H-pyrrole nitrogens is 2. The molecule has 0 unspecified atom stereocenters. The van der Waals surface area contributed by atoms with Gasteiger partial charge in [0.15, 0.2) is 0 Å². The molecule has 8 aromatic carbocycles. The van der Waals surface area contributed by atoms with Crippen molar-refractivity contribution in [2.45, 2.75) is 0 Å². The Morgan fingerprint density at radius 2 is 0.439 bits per heavy atom. The predicted octanol–water partition coefficient (Wildman–Crippen LogP) is 14.0. The van der Waals surface area contributed by atoms with Gasteiger partial charge in [0.1, 0.15) is 46.5 Å². The third-order valence-corrected chi connectivity index (χ3v) is 12.2. The van der Waals surface area contributed by atoms with Crippen LogP contribution < -0.4 is 0 Å². The minimum absolute atomic E-state index is 0.433. The molecule has 0 aliphatic carbocycles. The Morgan fingerprint density at radius 1 is 0.242 bits per heavy atom. The van der Waals surface area contributed by atoms with Gasteiger partial charge in [-0.1, -0.05) is 24.3 Å². The summed E-state index contributed by atoms with van der Waals surface area (Å²) in [6, 6.07) is 35.4. The number of nitrogens with zero attached hydrogens (tertiary/aromatic N) is 2. The number of rotatable bonds is 4. The number of fused-ring (bicyclic) bond motifs is 9. The van der Waals surface area contributed by atoms with Crippen LogP contribution in [0.25, 0.3) is 88.1 Å². The minimum atomic E-state index is -0.644. The molecular weight excluding hydrogens is 857 g/mol. The van der Waals surface area contributed by atoms with E-state index in [2.05, 4.69) is 19.8 Å². The van der Waals surface area contributed by atoms with E-state index in [9.17, 15) is 35.1 Å². The second kappa shape index (κ2) is 17.6. The first kappa shape index (κ1) is 42.7. The van der Waals surface area contributed by atoms with Crippen molar-refractivity contribution < 1.29 is 35.1 Å². The molecule has 66 heavy (non-hydrogen) atoms. The molecule has 3 saturated heterocycles. The molecule has 0 saturated carbocycles. The Hall–Kier alpha value is -7.28. The molecule has 0 amide bonds. The molecule has 0 spiro atoms. The Morgan fingerprint density at radius 3 is 0.621 bits per heavy atom. The van der Waals surface area contributed by atoms with Crippen molar-refractivity contribution in [3.63, 3.8) is 0 Å². The molecule has 10 aromatic rings. The van der Waals surface area contributed by atoms with E-state index < -0.39 is 46.5 Å². The van der Waals surface area contributed by atoms with Crippen LogP contribution in [0.5, 0.6) is 0 Å². The smallest absolute Gasteiger partial charge is 0.126 e. The molecule has 2 N–H and O–H groups in total. The third kappa shape index (κ3) is 9.02. The van der Waals surface area contributed by atoms with Crippen LogP contribution >= 0.6 is 0 Å². The molecule has 0 atom stereocenters. The second-order valence-corrected chi connectivity index (χ2v) is 16.6. The van der Waals surface area contributed by atoms with Crippen molar-refractivity contribution in [1.82, 2.24) is 19.8 Å². The summed E-state index contributed by atoms with van der Waals surface area (Å²) in [6.45, 7) is 7.92. The quantitative estimate of drug-likeness (QED) is 0.173. The van der Waals surface area contributed by atoms with E-state index in [4.69, 9.17) is 0 Å². The fourth-order valence-electron chi connectivity index (χ4n) is 8.91. The van der Waals surface area contributed by atoms with Crippen molar-refractivity contribution in [2.24, 2.45) is 0 Å². The highest BCUT2D eigenvalue weighted by molar-refractivity contribution is 6.11. The standard InChI is InChI=1S/2C24H13F4N.C6H12N2/c2*25-17-5-15(6-18(26)11-17)13-1-3-23-21(9-13)22-10-14(2-4-24(22)29-23)16-7-19(27)12-20(28)8-16;1-2-8-5-3-7(1)4-6-8/h2*1-12,29H;1-6H2. The SMILES string of the molecule is C1CN2CCN1CC2.Fc1cc(F)cc(-c2ccc3[nH]c4ccc(-c5cc(F)cc(F)c5)cc4c3c2)c1.Fc1cc(F)cc(-c2ccc3[nH]c4ccc(-c5cc(F)cc(F)c5)cc4c3c2)c1. The van der Waals surface area contributed by atoms with Gasteiger partial charge in [-0.2, -0.15) is 0 Å². The number of piperazine rings is 3. The van der Waals surface area contributed by atoms with Crippen LogP contribution in [0.15, 0.2) is 146 Å². The molecule has 0 radical (unpaired) electrons. The van der Waals surface area contributed by atoms with E-state index in [0.29, 0.717) is 44.5 Å². The maximum absolute atomic E-state index is 13.6. The van der Waals surface area contributed by atoms with Crippen LogP contribution in [-0.4, -0.2) is 59.0 Å². The number of halogens is 8. The summed E-state index contributed by atoms with van der Waals surface area (Å²) in [6.07, 6.45) is 0. The highest BCUT2D eigenvalue weighted by Crippen LogP contribution is 2.36. The molecule has 3 aliphatic rings. The number of nitrogens with one attached hydrogen (secondary N) is 2. The average Bonchev–Trinajstić information content (AvgIpc) is 3.86. The van der Waals surface area contributed by atoms with Gasteiger partial charge < -0.3 is 9.97 Å². The lowest BCUT2D eigenvalue weighted by molar-refractivity contribution is 0.0647. The number of hydrogen-bond acceptors (Lipinski definition) is 2. The van der Waals surface area contributed by atoms with Crippen molar-refractivity contribution in [3.05, 3.63) is 192 Å². The van der Waals surface area contributed by atoms with Gasteiger partial charge in [0.25, 0.3) is 0 Å². The first-order valence-corrected chi connectivity index (χ1v) is 21.3. The van der Waals surface area contributed by atoms with Crippen LogP contribution in [0.3, 0.4) is 0 Å². The van der Waals surface area contributed by atoms with Gasteiger partial charge in [-0.15, -0.1) is 0 Å². The first-order valence-electron chi connectivity index (χ1n) is 21.3. The third-order valence-electron chi connectivity index (χ3n) is 12.2. The van der Waals surface area contributed by atoms with Gasteiger partial charge in [-0.25, -0.2) is 35.1 Å². The molecule has 4 nitrogen and oxygen atoms in total. The van der Waals surface area contributed by atoms with E-state index in [1.807, 2.05) is 48.5 Å². The number of benzene rings is 8. The van der Waals surface area contributed by atoms with Crippen LogP contribution in [0, 0.1) is 46.5 Å². The van der Waals surface area contributed by atoms with Gasteiger partial charge in [0.05, 0.1) is 0 Å². The topological polar surface area (TPSA) is 38.1 Å². The van der Waals surface area contributed by atoms with Gasteiger partial charge in [-0.05, 0) is 142 Å². The zero-order valence-corrected chi connectivity index (χ0v) is 35.0. The second-order valence-electron chi connectivity index (χ2n) is 16.6. The summed E-state index contributed by atoms with van der Waals surface area (Å²) in [4.78, 5) is 11.7. The van der Waals surface area contributed by atoms with Crippen LogP contribution in [0.4, 0.5) is 35.1 Å². The summed E-state index contributed by atoms with van der Waals surface area (Å²) in [5, 5.41) is 3.39. The number of hydrogen-bond donors (Lipinski definition) is 2. The average molecular weight is 895 g/mol. The highest BCUT2D eigenvalue weighted by Gasteiger charge is 2.22. The lowest BCUT2D eigenvalue weighted by Gasteiger charge is -2.41. The molecule has 3 fully saturated rings. The van der Waals surface area contributed by atoms with Crippen molar-refractivity contribution in [1.29, 1.82) is 0 Å². The minimum Gasteiger partial charge on any atom is -0.355 e. The van der Waals surface area contributed by atoms with Gasteiger partial charge in [0, 0.05) is 107 Å². The Kier molecular flexibility index (Phi) is 11.4. The predicted molar refractivity (Wildman–Crippen MR) is 246 cm³/mol. The van der Waals surface area contributed by atoms with Gasteiger partial charge in [-0.3, -0.25) is 9.80 Å². The summed E-state index contributed by atoms with van der Waals surface area (Å²) in [5.41, 5.74) is 7.79. The maximum atomic E-state index is 13.6. The molecule has 13 rings (SSSR count). The van der Waals surface area contributed by atoms with E-state index in [1.165, 1.54) is 87.8 Å². The molecular formula is C54H38F8N4. The molecule has 12 heteroatoms. The largest absolute Gasteiger partial charge is 0.355 e. The van der Waals surface area contributed by atoms with E-state index in [-0.39, 0.29) is 0 Å². The molecule has 330 valence electrons. The molecule has 2 bridgehead atoms. The van der Waals surface area contributed by atoms with E-state index in [0.717, 1.165) is 67.9 Å². The first-order chi connectivity index (χ1) is 31.9. The normalized spacial score (nSPS) is 15.5. The summed E-state index contributed by atoms with van der Waals surface area (Å²) < 4.78 is 109. The van der Waals surface area contributed by atoms with Crippen molar-refractivity contribution in [3.8, 4) is 44.5 Å². The van der Waals surface area contributed by atoms with Crippen LogP contribution in [0.1, 0.15) is 0 Å². The Labute approximate surface area is 373 Å². The fraction of sp³-hybridized carbons (Fsp3) is 0.111. The lowest BCUT2D eigenvalue weighted by atomic mass is 10.00. The summed E-state index contributed by atoms with van der Waals surface area (Å²) in [7, 11) is 0. The number of aromatic nitrogens is 2. The Bertz CT molecular complexity index is 2930. The lowest BCUT2D eigenvalue weighted by Crippen LogP contribution is -2.55. The van der Waals surface area contributed by atoms with Crippen LogP contribution in [0.2, 0.25) is 0 Å². The molecule has 5 heterocycles. The summed E-state index contributed by atoms with van der Waals surface area (Å²) >= 11 is 0. The molecule has 2 aromatic heterocycles. The van der Waals surface area contributed by atoms with Crippen molar-refractivity contribution in [2.75, 3.05) is 39.3 Å². The fourth-order valence-corrected chi connectivity index (χ4v) is 8.91. The molecule has 3 aliphatic heterocycles. The van der Waals surface area contributed by atoms with Gasteiger partial charge >= 0.3 is 0 Å². The number of aromatic amines is 2. The van der Waals surface area contributed by atoms with Crippen LogP contribution in [-0.2, 0) is 0 Å².